The summed E-state index contributed by atoms with van der Waals surface area (Å²) < 4.78 is 70.1. The first-order valence-electron chi connectivity index (χ1n) is 10.2. The third-order valence-electron chi connectivity index (χ3n) is 4.28. The second-order valence-corrected chi connectivity index (χ2v) is 10.2. The van der Waals surface area contributed by atoms with Gasteiger partial charge in [0.25, 0.3) is 0 Å². The van der Waals surface area contributed by atoms with Gasteiger partial charge in [-0.25, -0.2) is 8.42 Å². The number of hydrogen-bond donors (Lipinski definition) is 0. The van der Waals surface area contributed by atoms with E-state index in [0.29, 0.717) is 13.2 Å². The van der Waals surface area contributed by atoms with Crippen LogP contribution in [0.2, 0.25) is 0 Å². The zero-order valence-corrected chi connectivity index (χ0v) is 20.5. The Morgan fingerprint density at radius 2 is 1.03 bits per heavy atom. The predicted octanol–water partition coefficient (Wildman–Crippen LogP) is 5.94. The van der Waals surface area contributed by atoms with Crippen LogP contribution in [-0.2, 0) is 21.0 Å². The molecule has 3 aromatic rings. The predicted molar refractivity (Wildman–Crippen MR) is 124 cm³/mol. The zero-order valence-electron chi connectivity index (χ0n) is 18.8. The van der Waals surface area contributed by atoms with Gasteiger partial charge in [0, 0.05) is 0 Å². The lowest BCUT2D eigenvalue weighted by atomic mass is 10.2. The van der Waals surface area contributed by atoms with Gasteiger partial charge >= 0.3 is 5.51 Å². The van der Waals surface area contributed by atoms with Gasteiger partial charge in [-0.15, -0.1) is 0 Å². The van der Waals surface area contributed by atoms with E-state index in [1.54, 1.807) is 0 Å². The quantitative estimate of drug-likeness (QED) is 0.222. The molecule has 184 valence electrons. The molecule has 34 heavy (non-hydrogen) atoms. The Kier molecular flexibility index (Phi) is 9.84. The Morgan fingerprint density at radius 3 is 1.29 bits per heavy atom. The lowest BCUT2D eigenvalue weighted by Gasteiger charge is -2.10. The van der Waals surface area contributed by atoms with E-state index in [1.165, 1.54) is 20.2 Å². The molecule has 3 rings (SSSR count). The SMILES string of the molecule is CCOc1ccc([S+](c2ccc(C)cc2)c2ccc(OCC)cc2)cc1.O=S(=O)([O-])C(F)(F)F. The monoisotopic (exact) mass is 514 g/mol. The smallest absolute Gasteiger partial charge is 0.485 e. The maximum Gasteiger partial charge on any atom is 0.485 e. The summed E-state index contributed by atoms with van der Waals surface area (Å²) in [5.74, 6) is 1.82. The van der Waals surface area contributed by atoms with Crippen molar-refractivity contribution in [2.75, 3.05) is 13.2 Å². The average Bonchev–Trinajstić information content (AvgIpc) is 2.77. The summed E-state index contributed by atoms with van der Waals surface area (Å²) in [6.07, 6.45) is 0. The Hall–Kier alpha value is -2.69. The van der Waals surface area contributed by atoms with E-state index < -0.39 is 15.6 Å². The van der Waals surface area contributed by atoms with E-state index in [1.807, 2.05) is 13.8 Å². The topological polar surface area (TPSA) is 75.7 Å². The molecule has 0 atom stereocenters. The van der Waals surface area contributed by atoms with Gasteiger partial charge in [0.15, 0.2) is 24.8 Å². The summed E-state index contributed by atoms with van der Waals surface area (Å²) in [4.78, 5) is 3.87. The fourth-order valence-electron chi connectivity index (χ4n) is 2.76. The molecule has 0 radical (unpaired) electrons. The van der Waals surface area contributed by atoms with Crippen LogP contribution in [0.25, 0.3) is 0 Å². The van der Waals surface area contributed by atoms with Crippen molar-refractivity contribution >= 4 is 21.0 Å². The largest absolute Gasteiger partial charge is 0.741 e. The lowest BCUT2D eigenvalue weighted by molar-refractivity contribution is -0.0517. The van der Waals surface area contributed by atoms with Crippen LogP contribution < -0.4 is 9.47 Å². The van der Waals surface area contributed by atoms with Crippen molar-refractivity contribution in [3.63, 3.8) is 0 Å². The molecule has 0 bridgehead atoms. The van der Waals surface area contributed by atoms with Crippen molar-refractivity contribution < 1.29 is 35.6 Å². The average molecular weight is 515 g/mol. The molecule has 0 saturated heterocycles. The highest BCUT2D eigenvalue weighted by molar-refractivity contribution is 7.97. The summed E-state index contributed by atoms with van der Waals surface area (Å²) in [5, 5.41) is 0. The summed E-state index contributed by atoms with van der Waals surface area (Å²) >= 11 is 0. The van der Waals surface area contributed by atoms with E-state index in [9.17, 15) is 13.2 Å². The maximum atomic E-state index is 10.7. The molecule has 0 heterocycles. The van der Waals surface area contributed by atoms with Gasteiger partial charge in [0.2, 0.25) is 0 Å². The first-order valence-corrected chi connectivity index (χ1v) is 12.9. The van der Waals surface area contributed by atoms with Crippen LogP contribution in [0, 0.1) is 6.92 Å². The van der Waals surface area contributed by atoms with Gasteiger partial charge in [0.1, 0.15) is 11.5 Å². The number of hydrogen-bond acceptors (Lipinski definition) is 5. The highest BCUT2D eigenvalue weighted by Gasteiger charge is 2.37. The molecule has 0 aliphatic heterocycles. The second kappa shape index (κ2) is 12.1. The molecule has 0 N–H and O–H groups in total. The Bertz CT molecular complexity index is 1080. The van der Waals surface area contributed by atoms with Gasteiger partial charge in [-0.1, -0.05) is 17.7 Å². The van der Waals surface area contributed by atoms with E-state index in [-0.39, 0.29) is 10.9 Å². The molecule has 5 nitrogen and oxygen atoms in total. The van der Waals surface area contributed by atoms with E-state index in [2.05, 4.69) is 79.7 Å². The molecule has 0 spiro atoms. The van der Waals surface area contributed by atoms with Crippen LogP contribution in [-0.4, -0.2) is 31.7 Å². The standard InChI is InChI=1S/C23H25O2S.CHF3O3S/c1-4-24-19-8-14-22(15-9-19)26(21-12-6-18(3)7-13-21)23-16-10-20(11-17-23)25-5-2;2-1(3,4)8(5,6)7/h6-17H,4-5H2,1-3H3;(H,5,6,7)/q+1;/p-1. The van der Waals surface area contributed by atoms with Crippen molar-refractivity contribution in [2.45, 2.75) is 41.0 Å². The van der Waals surface area contributed by atoms with Crippen LogP contribution in [0.3, 0.4) is 0 Å². The number of halogens is 3. The normalized spacial score (nSPS) is 11.5. The number of ether oxygens (including phenoxy) is 2. The first kappa shape index (κ1) is 27.6. The molecule has 0 unspecified atom stereocenters. The van der Waals surface area contributed by atoms with Crippen molar-refractivity contribution in [1.82, 2.24) is 0 Å². The van der Waals surface area contributed by atoms with Gasteiger partial charge in [-0.2, -0.15) is 13.2 Å². The Labute approximate surface area is 200 Å². The third-order valence-corrected chi connectivity index (χ3v) is 7.08. The van der Waals surface area contributed by atoms with Gasteiger partial charge < -0.3 is 14.0 Å². The summed E-state index contributed by atoms with van der Waals surface area (Å²) in [6.45, 7) is 7.49. The highest BCUT2D eigenvalue weighted by atomic mass is 32.2. The fraction of sp³-hybridized carbons (Fsp3) is 0.250. The molecule has 0 aromatic heterocycles. The Balaban J connectivity index is 0.000000440. The minimum atomic E-state index is -6.09. The zero-order chi connectivity index (χ0) is 25.4. The maximum absolute atomic E-state index is 10.7. The Morgan fingerprint density at radius 1 is 0.735 bits per heavy atom. The van der Waals surface area contributed by atoms with E-state index in [0.717, 1.165) is 11.5 Å². The van der Waals surface area contributed by atoms with Crippen LogP contribution in [0.4, 0.5) is 13.2 Å². The number of rotatable bonds is 7. The molecular formula is C24H25F3O5S2. The molecule has 10 heteroatoms. The molecule has 0 saturated carbocycles. The van der Waals surface area contributed by atoms with Crippen LogP contribution >= 0.6 is 0 Å². The van der Waals surface area contributed by atoms with Crippen molar-refractivity contribution in [2.24, 2.45) is 0 Å². The molecule has 3 aromatic carbocycles. The van der Waals surface area contributed by atoms with Crippen LogP contribution in [0.5, 0.6) is 11.5 Å². The van der Waals surface area contributed by atoms with E-state index in [4.69, 9.17) is 22.4 Å². The van der Waals surface area contributed by atoms with Crippen molar-refractivity contribution in [3.05, 3.63) is 78.4 Å². The lowest BCUT2D eigenvalue weighted by Crippen LogP contribution is -2.21. The molecule has 0 fully saturated rings. The fourth-order valence-corrected chi connectivity index (χ4v) is 4.80. The van der Waals surface area contributed by atoms with Crippen molar-refractivity contribution in [3.8, 4) is 11.5 Å². The third kappa shape index (κ3) is 7.96. The summed E-state index contributed by atoms with van der Waals surface area (Å²) in [5.41, 5.74) is -4.37. The molecular weight excluding hydrogens is 489 g/mol. The minimum Gasteiger partial charge on any atom is -0.741 e. The molecule has 0 aliphatic rings. The summed E-state index contributed by atoms with van der Waals surface area (Å²) in [6, 6.07) is 25.7. The molecule has 0 aliphatic carbocycles. The van der Waals surface area contributed by atoms with Crippen LogP contribution in [0.1, 0.15) is 19.4 Å². The highest BCUT2D eigenvalue weighted by Crippen LogP contribution is 2.33. The second-order valence-electron chi connectivity index (χ2n) is 6.83. The minimum absolute atomic E-state index is 0.158. The van der Waals surface area contributed by atoms with Gasteiger partial charge in [-0.3, -0.25) is 0 Å². The molecule has 0 amide bonds. The summed E-state index contributed by atoms with van der Waals surface area (Å²) in [7, 11) is -6.25. The van der Waals surface area contributed by atoms with E-state index >= 15 is 0 Å². The first-order chi connectivity index (χ1) is 16.0. The van der Waals surface area contributed by atoms with Crippen LogP contribution in [0.15, 0.2) is 87.5 Å². The number of aryl methyl sites for hydroxylation is 1. The van der Waals surface area contributed by atoms with Gasteiger partial charge in [0.05, 0.1) is 24.1 Å². The van der Waals surface area contributed by atoms with Crippen molar-refractivity contribution in [1.29, 1.82) is 0 Å². The van der Waals surface area contributed by atoms with Gasteiger partial charge in [-0.05, 0) is 81.4 Å². The number of benzene rings is 3. The number of alkyl halides is 3.